The summed E-state index contributed by atoms with van der Waals surface area (Å²) in [5.74, 6) is -0.968. The number of aromatic nitrogens is 2. The third-order valence-corrected chi connectivity index (χ3v) is 6.60. The largest absolute Gasteiger partial charge is 0.393 e. The zero-order valence-corrected chi connectivity index (χ0v) is 18.6. The Balaban J connectivity index is 1.50. The second kappa shape index (κ2) is 8.44. The molecule has 5 rings (SSSR count). The molecule has 0 saturated carbocycles. The Labute approximate surface area is 194 Å². The fourth-order valence-corrected chi connectivity index (χ4v) is 4.88. The maximum atomic E-state index is 13.4. The smallest absolute Gasteiger partial charge is 0.356 e. The number of nitrogens with one attached hydrogen (secondary N) is 1. The van der Waals surface area contributed by atoms with Crippen LogP contribution in [-0.2, 0) is 0 Å². The van der Waals surface area contributed by atoms with Crippen LogP contribution in [0.15, 0.2) is 41.9 Å². The molecule has 1 fully saturated rings. The van der Waals surface area contributed by atoms with Gasteiger partial charge in [-0.3, -0.25) is 5.32 Å². The van der Waals surface area contributed by atoms with E-state index in [0.29, 0.717) is 31.0 Å². The van der Waals surface area contributed by atoms with Gasteiger partial charge in [-0.05, 0) is 56.9 Å². The number of halogens is 4. The number of nitrogens with zero attached hydrogens (tertiary/aromatic N) is 5. The normalized spacial score (nSPS) is 20.4. The number of amides is 2. The molecule has 1 atom stereocenters. The van der Waals surface area contributed by atoms with Crippen molar-refractivity contribution in [2.45, 2.75) is 38.8 Å². The van der Waals surface area contributed by atoms with Crippen LogP contribution in [0.4, 0.5) is 45.5 Å². The summed E-state index contributed by atoms with van der Waals surface area (Å²) in [6.07, 6.45) is -1.24. The van der Waals surface area contributed by atoms with Gasteiger partial charge in [-0.2, -0.15) is 13.2 Å². The number of hydrogen-bond donors (Lipinski definition) is 1. The van der Waals surface area contributed by atoms with Crippen molar-refractivity contribution < 1.29 is 22.4 Å². The summed E-state index contributed by atoms with van der Waals surface area (Å²) < 4.78 is 53.3. The quantitative estimate of drug-likeness (QED) is 0.598. The first-order valence-electron chi connectivity index (χ1n) is 11.2. The molecular weight excluding hydrogens is 452 g/mol. The molecule has 180 valence electrons. The van der Waals surface area contributed by atoms with Gasteiger partial charge in [0.05, 0.1) is 17.8 Å². The Morgan fingerprint density at radius 2 is 1.97 bits per heavy atom. The average molecular weight is 476 g/mol. The molecule has 34 heavy (non-hydrogen) atoms. The lowest BCUT2D eigenvalue weighted by Crippen LogP contribution is -2.45. The SMILES string of the molecule is CC1=C2CCCN1c1ccc(N3CCCC(C(F)(F)F)C3)nc1N2C(=O)Nc1ccc(F)cn1. The second-order valence-electron chi connectivity index (χ2n) is 8.75. The molecule has 11 heteroatoms. The summed E-state index contributed by atoms with van der Waals surface area (Å²) in [7, 11) is 0. The first kappa shape index (κ1) is 22.4. The van der Waals surface area contributed by atoms with Crippen molar-refractivity contribution in [2.75, 3.05) is 39.7 Å². The summed E-state index contributed by atoms with van der Waals surface area (Å²) >= 11 is 0. The molecule has 0 aromatic carbocycles. The van der Waals surface area contributed by atoms with E-state index in [2.05, 4.69) is 15.2 Å². The van der Waals surface area contributed by atoms with E-state index in [4.69, 9.17) is 4.98 Å². The van der Waals surface area contributed by atoms with Crippen LogP contribution in [0.25, 0.3) is 0 Å². The summed E-state index contributed by atoms with van der Waals surface area (Å²) in [5, 5.41) is 2.68. The number of pyridine rings is 2. The van der Waals surface area contributed by atoms with E-state index in [9.17, 15) is 22.4 Å². The highest BCUT2D eigenvalue weighted by Gasteiger charge is 2.42. The Kier molecular flexibility index (Phi) is 5.57. The molecule has 2 bridgehead atoms. The predicted octanol–water partition coefficient (Wildman–Crippen LogP) is 5.28. The van der Waals surface area contributed by atoms with Crippen LogP contribution in [-0.4, -0.2) is 41.8 Å². The van der Waals surface area contributed by atoms with Crippen LogP contribution >= 0.6 is 0 Å². The number of piperidine rings is 1. The maximum Gasteiger partial charge on any atom is 0.393 e. The number of anilines is 4. The van der Waals surface area contributed by atoms with Crippen molar-refractivity contribution in [2.24, 2.45) is 5.92 Å². The molecule has 1 unspecified atom stereocenters. The van der Waals surface area contributed by atoms with Gasteiger partial charge in [0, 0.05) is 31.0 Å². The molecule has 3 aliphatic heterocycles. The number of alkyl halides is 3. The van der Waals surface area contributed by atoms with Gasteiger partial charge in [0.1, 0.15) is 17.5 Å². The molecule has 1 N–H and O–H groups in total. The van der Waals surface area contributed by atoms with E-state index >= 15 is 0 Å². The van der Waals surface area contributed by atoms with Crippen molar-refractivity contribution in [3.63, 3.8) is 0 Å². The Bertz CT molecular complexity index is 1130. The van der Waals surface area contributed by atoms with E-state index in [-0.39, 0.29) is 18.8 Å². The van der Waals surface area contributed by atoms with E-state index in [1.54, 1.807) is 11.0 Å². The van der Waals surface area contributed by atoms with Crippen molar-refractivity contribution in [1.82, 2.24) is 9.97 Å². The molecule has 0 spiro atoms. The lowest BCUT2D eigenvalue weighted by atomic mass is 9.97. The average Bonchev–Trinajstić information content (AvgIpc) is 2.80. The minimum Gasteiger partial charge on any atom is -0.356 e. The standard InChI is InChI=1S/C23H24F4N6O/c1-14-17-5-3-11-32(14)18-7-9-20(31-10-2-4-15(13-31)23(25,26)27)30-21(18)33(17)22(34)29-19-8-6-16(24)12-28-19/h6-9,12,15H,2-5,10-11,13H2,1H3,(H,28,29,34). The van der Waals surface area contributed by atoms with E-state index in [1.165, 1.54) is 17.0 Å². The zero-order chi connectivity index (χ0) is 24.0. The minimum absolute atomic E-state index is 0.101. The Morgan fingerprint density at radius 3 is 2.71 bits per heavy atom. The van der Waals surface area contributed by atoms with Crippen molar-refractivity contribution >= 4 is 29.2 Å². The first-order valence-corrected chi connectivity index (χ1v) is 11.2. The van der Waals surface area contributed by atoms with Crippen LogP contribution in [0.2, 0.25) is 0 Å². The zero-order valence-electron chi connectivity index (χ0n) is 18.6. The number of carbonyl (C=O) groups excluding carboxylic acids is 1. The highest BCUT2D eigenvalue weighted by Crippen LogP contribution is 2.44. The van der Waals surface area contributed by atoms with Gasteiger partial charge >= 0.3 is 12.2 Å². The van der Waals surface area contributed by atoms with E-state index in [0.717, 1.165) is 36.2 Å². The number of carbonyl (C=O) groups is 1. The summed E-state index contributed by atoms with van der Waals surface area (Å²) in [5.41, 5.74) is 2.41. The fourth-order valence-electron chi connectivity index (χ4n) is 4.88. The molecule has 2 aromatic rings. The van der Waals surface area contributed by atoms with Gasteiger partial charge in [-0.15, -0.1) is 0 Å². The number of hydrogen-bond acceptors (Lipinski definition) is 5. The third kappa shape index (κ3) is 4.03. The molecular formula is C23H24F4N6O. The number of urea groups is 1. The van der Waals surface area contributed by atoms with Gasteiger partial charge in [0.15, 0.2) is 5.82 Å². The van der Waals surface area contributed by atoms with Crippen LogP contribution < -0.4 is 20.0 Å². The van der Waals surface area contributed by atoms with Crippen LogP contribution in [0.1, 0.15) is 32.6 Å². The van der Waals surface area contributed by atoms with Gasteiger partial charge in [0.25, 0.3) is 0 Å². The van der Waals surface area contributed by atoms with Gasteiger partial charge in [0.2, 0.25) is 0 Å². The highest BCUT2D eigenvalue weighted by molar-refractivity contribution is 6.06. The molecule has 0 radical (unpaired) electrons. The van der Waals surface area contributed by atoms with Gasteiger partial charge in [-0.1, -0.05) is 0 Å². The summed E-state index contributed by atoms with van der Waals surface area (Å²) in [6.45, 7) is 3.00. The van der Waals surface area contributed by atoms with Crippen LogP contribution in [0.3, 0.4) is 0 Å². The van der Waals surface area contributed by atoms with Crippen molar-refractivity contribution in [3.05, 3.63) is 47.7 Å². The van der Waals surface area contributed by atoms with Gasteiger partial charge < -0.3 is 9.80 Å². The first-order chi connectivity index (χ1) is 16.2. The lowest BCUT2D eigenvalue weighted by molar-refractivity contribution is -0.176. The fraction of sp³-hybridized carbons (Fsp3) is 0.435. The van der Waals surface area contributed by atoms with E-state index in [1.807, 2.05) is 13.0 Å². The Morgan fingerprint density at radius 1 is 1.15 bits per heavy atom. The molecule has 7 nitrogen and oxygen atoms in total. The molecule has 0 aliphatic carbocycles. The van der Waals surface area contributed by atoms with E-state index < -0.39 is 23.9 Å². The van der Waals surface area contributed by atoms with Crippen LogP contribution in [0.5, 0.6) is 0 Å². The molecule has 2 amide bonds. The topological polar surface area (TPSA) is 64.6 Å². The predicted molar refractivity (Wildman–Crippen MR) is 120 cm³/mol. The van der Waals surface area contributed by atoms with Crippen molar-refractivity contribution in [3.8, 4) is 0 Å². The number of rotatable bonds is 2. The Hall–Kier alpha value is -3.37. The minimum atomic E-state index is -4.26. The summed E-state index contributed by atoms with van der Waals surface area (Å²) in [6, 6.07) is 5.59. The molecule has 3 aliphatic rings. The highest BCUT2D eigenvalue weighted by atomic mass is 19.4. The molecule has 5 heterocycles. The molecule has 1 saturated heterocycles. The maximum absolute atomic E-state index is 13.4. The third-order valence-electron chi connectivity index (χ3n) is 6.60. The van der Waals surface area contributed by atoms with Crippen molar-refractivity contribution in [1.29, 1.82) is 0 Å². The van der Waals surface area contributed by atoms with Crippen LogP contribution in [0, 0.1) is 11.7 Å². The molecule has 2 aromatic heterocycles. The second-order valence-corrected chi connectivity index (χ2v) is 8.75. The number of fused-ring (bicyclic) bond motifs is 3. The summed E-state index contributed by atoms with van der Waals surface area (Å²) in [4.78, 5) is 27.1. The lowest BCUT2D eigenvalue weighted by Gasteiger charge is -2.43. The number of allylic oxidation sites excluding steroid dienone is 2. The monoisotopic (exact) mass is 476 g/mol. The van der Waals surface area contributed by atoms with Gasteiger partial charge in [-0.25, -0.2) is 24.1 Å².